The second-order valence-electron chi connectivity index (χ2n) is 2.81. The molecule has 12 heavy (non-hydrogen) atoms. The van der Waals surface area contributed by atoms with Gasteiger partial charge in [-0.2, -0.15) is 0 Å². The summed E-state index contributed by atoms with van der Waals surface area (Å²) >= 11 is 1.29. The average Bonchev–Trinajstić information content (AvgIpc) is 2.29. The molecule has 2 N–H and O–H groups in total. The number of nitrogens with two attached hydrogens (primary N) is 1. The molecule has 0 atom stereocenters. The fourth-order valence-electron chi connectivity index (χ4n) is 1.27. The molecular formula is C9H8FNS. The van der Waals surface area contributed by atoms with E-state index in [-0.39, 0.29) is 5.82 Å². The number of hydrogen-bond acceptors (Lipinski definition) is 2. The van der Waals surface area contributed by atoms with Crippen molar-refractivity contribution >= 4 is 26.4 Å². The number of fused-ring (bicyclic) bond motifs is 1. The highest BCUT2D eigenvalue weighted by atomic mass is 32.1. The fourth-order valence-corrected chi connectivity index (χ4v) is 2.09. The molecule has 0 aliphatic rings. The van der Waals surface area contributed by atoms with Crippen molar-refractivity contribution in [2.24, 2.45) is 0 Å². The van der Waals surface area contributed by atoms with Crippen LogP contribution in [0.1, 0.15) is 5.56 Å². The van der Waals surface area contributed by atoms with Crippen molar-refractivity contribution in [3.05, 3.63) is 29.6 Å². The lowest BCUT2D eigenvalue weighted by atomic mass is 10.2. The Morgan fingerprint density at radius 1 is 1.33 bits per heavy atom. The van der Waals surface area contributed by atoms with Crippen molar-refractivity contribution < 1.29 is 4.39 Å². The summed E-state index contributed by atoms with van der Waals surface area (Å²) in [4.78, 5) is 0. The van der Waals surface area contributed by atoms with Crippen LogP contribution < -0.4 is 5.73 Å². The molecule has 0 amide bonds. The third kappa shape index (κ3) is 1.06. The molecule has 2 rings (SSSR count). The number of halogens is 1. The molecule has 1 heterocycles. The summed E-state index contributed by atoms with van der Waals surface area (Å²) in [6.07, 6.45) is 0. The quantitative estimate of drug-likeness (QED) is 0.664. The lowest BCUT2D eigenvalue weighted by Gasteiger charge is -1.93. The lowest BCUT2D eigenvalue weighted by Crippen LogP contribution is -1.76. The summed E-state index contributed by atoms with van der Waals surface area (Å²) in [5.41, 5.74) is 6.49. The normalized spacial score (nSPS) is 10.8. The van der Waals surface area contributed by atoms with E-state index in [1.54, 1.807) is 6.07 Å². The first-order chi connectivity index (χ1) is 5.66. The lowest BCUT2D eigenvalue weighted by molar-refractivity contribution is 0.640. The third-order valence-corrected chi connectivity index (χ3v) is 2.72. The molecule has 0 saturated carbocycles. The average molecular weight is 181 g/mol. The Morgan fingerprint density at radius 3 is 2.83 bits per heavy atom. The Hall–Kier alpha value is -1.09. The molecular weight excluding hydrogens is 173 g/mol. The van der Waals surface area contributed by atoms with Crippen LogP contribution in [-0.2, 0) is 0 Å². The van der Waals surface area contributed by atoms with Gasteiger partial charge in [-0.15, -0.1) is 11.3 Å². The van der Waals surface area contributed by atoms with Crippen molar-refractivity contribution in [2.45, 2.75) is 6.92 Å². The minimum absolute atomic E-state index is 0.174. The maximum absolute atomic E-state index is 13.2. The maximum atomic E-state index is 13.2. The van der Waals surface area contributed by atoms with E-state index >= 15 is 0 Å². The minimum Gasteiger partial charge on any atom is -0.391 e. The summed E-state index contributed by atoms with van der Waals surface area (Å²) in [5, 5.41) is 1.56. The number of rotatable bonds is 0. The van der Waals surface area contributed by atoms with Gasteiger partial charge < -0.3 is 5.73 Å². The van der Waals surface area contributed by atoms with Crippen LogP contribution in [0.3, 0.4) is 0 Å². The number of nitrogen functional groups attached to an aromatic ring is 1. The van der Waals surface area contributed by atoms with Gasteiger partial charge in [0.1, 0.15) is 5.82 Å². The van der Waals surface area contributed by atoms with E-state index in [0.29, 0.717) is 9.70 Å². The molecule has 0 fully saturated rings. The monoisotopic (exact) mass is 181 g/mol. The summed E-state index contributed by atoms with van der Waals surface area (Å²) < 4.78 is 13.9. The predicted octanol–water partition coefficient (Wildman–Crippen LogP) is 2.93. The summed E-state index contributed by atoms with van der Waals surface area (Å²) in [6.45, 7) is 1.87. The molecule has 0 unspecified atom stereocenters. The Bertz CT molecular complexity index is 433. The van der Waals surface area contributed by atoms with E-state index in [9.17, 15) is 4.39 Å². The van der Waals surface area contributed by atoms with Crippen LogP contribution in [0.15, 0.2) is 18.2 Å². The molecule has 0 aliphatic carbocycles. The van der Waals surface area contributed by atoms with Crippen LogP contribution in [0, 0.1) is 12.7 Å². The van der Waals surface area contributed by atoms with E-state index in [0.717, 1.165) is 10.9 Å². The molecule has 0 bridgehead atoms. The molecule has 62 valence electrons. The highest BCUT2D eigenvalue weighted by Gasteiger charge is 2.04. The second-order valence-corrected chi connectivity index (χ2v) is 3.90. The third-order valence-electron chi connectivity index (χ3n) is 1.73. The van der Waals surface area contributed by atoms with Gasteiger partial charge in [0.05, 0.1) is 9.70 Å². The van der Waals surface area contributed by atoms with Crippen molar-refractivity contribution in [3.63, 3.8) is 0 Å². The highest BCUT2D eigenvalue weighted by Crippen LogP contribution is 2.30. The second kappa shape index (κ2) is 2.45. The minimum atomic E-state index is -0.174. The molecule has 0 aliphatic heterocycles. The molecule has 1 nitrogen and oxygen atoms in total. The summed E-state index contributed by atoms with van der Waals surface area (Å²) in [7, 11) is 0. The highest BCUT2D eigenvalue weighted by molar-refractivity contribution is 7.22. The summed E-state index contributed by atoms with van der Waals surface area (Å²) in [6, 6.07) is 5.26. The molecule has 1 aromatic heterocycles. The smallest absolute Gasteiger partial charge is 0.141 e. The zero-order valence-corrected chi connectivity index (χ0v) is 7.41. The molecule has 0 saturated heterocycles. The van der Waals surface area contributed by atoms with Gasteiger partial charge in [0, 0.05) is 0 Å². The van der Waals surface area contributed by atoms with Crippen LogP contribution in [-0.4, -0.2) is 0 Å². The van der Waals surface area contributed by atoms with Gasteiger partial charge in [0.2, 0.25) is 0 Å². The van der Waals surface area contributed by atoms with Crippen LogP contribution in [0.25, 0.3) is 10.1 Å². The Morgan fingerprint density at radius 2 is 2.08 bits per heavy atom. The van der Waals surface area contributed by atoms with Gasteiger partial charge in [-0.25, -0.2) is 4.39 Å². The molecule has 2 aromatic rings. The van der Waals surface area contributed by atoms with Crippen molar-refractivity contribution in [1.29, 1.82) is 0 Å². The Labute approximate surface area is 73.6 Å². The predicted molar refractivity (Wildman–Crippen MR) is 50.9 cm³/mol. The number of thiophene rings is 1. The van der Waals surface area contributed by atoms with E-state index in [1.807, 2.05) is 13.0 Å². The molecule has 3 heteroatoms. The standard InChI is InChI=1S/C9H8FNS/c1-5-2-6-4-8(11)12-9(6)7(10)3-5/h2-4H,11H2,1H3. The first-order valence-electron chi connectivity index (χ1n) is 3.62. The SMILES string of the molecule is Cc1cc(F)c2sc(N)cc2c1. The van der Waals surface area contributed by atoms with Crippen molar-refractivity contribution in [2.75, 3.05) is 5.73 Å². The molecule has 0 radical (unpaired) electrons. The van der Waals surface area contributed by atoms with Crippen LogP contribution in [0.2, 0.25) is 0 Å². The summed E-state index contributed by atoms with van der Waals surface area (Å²) in [5.74, 6) is -0.174. The van der Waals surface area contributed by atoms with E-state index in [4.69, 9.17) is 5.73 Å². The van der Waals surface area contributed by atoms with Crippen molar-refractivity contribution in [1.82, 2.24) is 0 Å². The van der Waals surface area contributed by atoms with Gasteiger partial charge in [-0.1, -0.05) is 6.07 Å². The Balaban J connectivity index is 2.88. The number of anilines is 1. The number of hydrogen-bond donors (Lipinski definition) is 1. The Kier molecular flexibility index (Phi) is 1.54. The zero-order valence-electron chi connectivity index (χ0n) is 6.60. The zero-order chi connectivity index (χ0) is 8.72. The first-order valence-corrected chi connectivity index (χ1v) is 4.43. The molecule has 0 spiro atoms. The largest absolute Gasteiger partial charge is 0.391 e. The van der Waals surface area contributed by atoms with Crippen LogP contribution >= 0.6 is 11.3 Å². The first kappa shape index (κ1) is 7.55. The maximum Gasteiger partial charge on any atom is 0.141 e. The van der Waals surface area contributed by atoms with Gasteiger partial charge in [0.15, 0.2) is 0 Å². The van der Waals surface area contributed by atoms with Crippen molar-refractivity contribution in [3.8, 4) is 0 Å². The van der Waals surface area contributed by atoms with E-state index in [1.165, 1.54) is 17.4 Å². The van der Waals surface area contributed by atoms with Gasteiger partial charge >= 0.3 is 0 Å². The van der Waals surface area contributed by atoms with Gasteiger partial charge in [-0.05, 0) is 30.0 Å². The number of benzene rings is 1. The topological polar surface area (TPSA) is 26.0 Å². The number of aryl methyl sites for hydroxylation is 1. The van der Waals surface area contributed by atoms with Gasteiger partial charge in [-0.3, -0.25) is 0 Å². The fraction of sp³-hybridized carbons (Fsp3) is 0.111. The van der Waals surface area contributed by atoms with Crippen LogP contribution in [0.4, 0.5) is 9.39 Å². The van der Waals surface area contributed by atoms with Gasteiger partial charge in [0.25, 0.3) is 0 Å². The van der Waals surface area contributed by atoms with Crippen LogP contribution in [0.5, 0.6) is 0 Å². The van der Waals surface area contributed by atoms with E-state index < -0.39 is 0 Å². The van der Waals surface area contributed by atoms with E-state index in [2.05, 4.69) is 0 Å². The molecule has 1 aromatic carbocycles.